The van der Waals surface area contributed by atoms with Gasteiger partial charge in [-0.3, -0.25) is 0 Å². The van der Waals surface area contributed by atoms with Gasteiger partial charge in [0.15, 0.2) is 11.6 Å². The van der Waals surface area contributed by atoms with Crippen LogP contribution in [0.1, 0.15) is 24.4 Å². The topological polar surface area (TPSA) is 21.3 Å². The predicted molar refractivity (Wildman–Crippen MR) is 58.5 cm³/mol. The van der Waals surface area contributed by atoms with Crippen LogP contribution in [0.25, 0.3) is 0 Å². The van der Waals surface area contributed by atoms with Crippen molar-refractivity contribution in [2.75, 3.05) is 6.61 Å². The standard InChI is InChI=1S/C11H11BrFNO/c12-7-3-4-8(13)11-10(7)9(5-15-11)14-6-1-2-6/h3-4,6,9,14H,1-2,5H2. The fraction of sp³-hybridized carbons (Fsp3) is 0.455. The third-order valence-corrected chi connectivity index (χ3v) is 3.54. The average Bonchev–Trinajstić information content (AvgIpc) is 2.91. The maximum atomic E-state index is 13.4. The summed E-state index contributed by atoms with van der Waals surface area (Å²) in [5.41, 5.74) is 0.932. The van der Waals surface area contributed by atoms with Gasteiger partial charge in [0.2, 0.25) is 0 Å². The van der Waals surface area contributed by atoms with E-state index in [-0.39, 0.29) is 11.9 Å². The Balaban J connectivity index is 1.96. The van der Waals surface area contributed by atoms with E-state index in [0.717, 1.165) is 10.0 Å². The highest BCUT2D eigenvalue weighted by atomic mass is 79.9. The first-order valence-electron chi connectivity index (χ1n) is 5.12. The number of hydrogen-bond donors (Lipinski definition) is 1. The zero-order chi connectivity index (χ0) is 10.4. The molecule has 3 rings (SSSR count). The molecule has 1 aromatic carbocycles. The molecule has 2 aliphatic rings. The van der Waals surface area contributed by atoms with Crippen LogP contribution in [-0.2, 0) is 0 Å². The summed E-state index contributed by atoms with van der Waals surface area (Å²) >= 11 is 3.45. The van der Waals surface area contributed by atoms with E-state index in [4.69, 9.17) is 4.74 Å². The molecule has 80 valence electrons. The van der Waals surface area contributed by atoms with Crippen molar-refractivity contribution in [3.8, 4) is 5.75 Å². The number of benzene rings is 1. The first kappa shape index (κ1) is 9.60. The molecule has 1 fully saturated rings. The maximum Gasteiger partial charge on any atom is 0.165 e. The molecule has 0 saturated heterocycles. The van der Waals surface area contributed by atoms with E-state index in [0.29, 0.717) is 18.4 Å². The number of hydrogen-bond acceptors (Lipinski definition) is 2. The molecule has 1 N–H and O–H groups in total. The molecule has 0 aromatic heterocycles. The number of ether oxygens (including phenoxy) is 1. The van der Waals surface area contributed by atoms with Crippen LogP contribution in [0.3, 0.4) is 0 Å². The summed E-state index contributed by atoms with van der Waals surface area (Å²) in [5, 5.41) is 3.46. The third-order valence-electron chi connectivity index (χ3n) is 2.85. The lowest BCUT2D eigenvalue weighted by Gasteiger charge is -2.11. The molecule has 2 nitrogen and oxygen atoms in total. The summed E-state index contributed by atoms with van der Waals surface area (Å²) in [6, 6.07) is 3.91. The lowest BCUT2D eigenvalue weighted by atomic mass is 10.1. The van der Waals surface area contributed by atoms with Crippen LogP contribution >= 0.6 is 15.9 Å². The van der Waals surface area contributed by atoms with Crippen molar-refractivity contribution in [1.29, 1.82) is 0 Å². The summed E-state index contributed by atoms with van der Waals surface area (Å²) in [6.07, 6.45) is 2.44. The van der Waals surface area contributed by atoms with Crippen LogP contribution in [0, 0.1) is 5.82 Å². The molecule has 1 aliphatic carbocycles. The Kier molecular flexibility index (Phi) is 2.21. The van der Waals surface area contributed by atoms with Crippen molar-refractivity contribution >= 4 is 15.9 Å². The summed E-state index contributed by atoms with van der Waals surface area (Å²) in [5.74, 6) is 0.135. The Bertz CT molecular complexity index is 406. The van der Waals surface area contributed by atoms with E-state index in [2.05, 4.69) is 21.2 Å². The summed E-state index contributed by atoms with van der Waals surface area (Å²) in [6.45, 7) is 0.533. The minimum absolute atomic E-state index is 0.137. The zero-order valence-corrected chi connectivity index (χ0v) is 9.68. The number of halogens is 2. The number of fused-ring (bicyclic) bond motifs is 1. The Morgan fingerprint density at radius 2 is 2.20 bits per heavy atom. The van der Waals surface area contributed by atoms with Crippen LogP contribution in [0.15, 0.2) is 16.6 Å². The molecule has 1 heterocycles. The fourth-order valence-electron chi connectivity index (χ4n) is 1.94. The van der Waals surface area contributed by atoms with Crippen molar-refractivity contribution in [2.45, 2.75) is 24.9 Å². The van der Waals surface area contributed by atoms with E-state index < -0.39 is 0 Å². The quantitative estimate of drug-likeness (QED) is 0.893. The molecule has 4 heteroatoms. The molecule has 0 radical (unpaired) electrons. The van der Waals surface area contributed by atoms with Gasteiger partial charge in [-0.1, -0.05) is 15.9 Å². The van der Waals surface area contributed by atoms with E-state index in [1.165, 1.54) is 18.9 Å². The smallest absolute Gasteiger partial charge is 0.165 e. The average molecular weight is 272 g/mol. The van der Waals surface area contributed by atoms with Crippen LogP contribution in [0.2, 0.25) is 0 Å². The van der Waals surface area contributed by atoms with E-state index >= 15 is 0 Å². The van der Waals surface area contributed by atoms with Crippen molar-refractivity contribution in [2.24, 2.45) is 0 Å². The number of nitrogens with one attached hydrogen (secondary N) is 1. The molecule has 1 aliphatic heterocycles. The van der Waals surface area contributed by atoms with Gasteiger partial charge in [-0.05, 0) is 25.0 Å². The first-order chi connectivity index (χ1) is 7.25. The SMILES string of the molecule is Fc1ccc(Br)c2c1OCC2NC1CC1. The van der Waals surface area contributed by atoms with Crippen LogP contribution in [0.4, 0.5) is 4.39 Å². The van der Waals surface area contributed by atoms with Gasteiger partial charge in [-0.15, -0.1) is 0 Å². The highest BCUT2D eigenvalue weighted by Crippen LogP contribution is 2.41. The minimum Gasteiger partial charge on any atom is -0.488 e. The largest absolute Gasteiger partial charge is 0.488 e. The molecule has 1 unspecified atom stereocenters. The van der Waals surface area contributed by atoms with Gasteiger partial charge < -0.3 is 10.1 Å². The maximum absolute atomic E-state index is 13.4. The van der Waals surface area contributed by atoms with Crippen LogP contribution in [0.5, 0.6) is 5.75 Å². The van der Waals surface area contributed by atoms with Gasteiger partial charge in [-0.2, -0.15) is 0 Å². The molecule has 1 aromatic rings. The Morgan fingerprint density at radius 1 is 1.40 bits per heavy atom. The van der Waals surface area contributed by atoms with Gasteiger partial charge >= 0.3 is 0 Å². The van der Waals surface area contributed by atoms with Gasteiger partial charge in [-0.25, -0.2) is 4.39 Å². The summed E-state index contributed by atoms with van der Waals surface area (Å²) in [7, 11) is 0. The van der Waals surface area contributed by atoms with Crippen molar-refractivity contribution in [1.82, 2.24) is 5.32 Å². The third kappa shape index (κ3) is 1.66. The fourth-order valence-corrected chi connectivity index (χ4v) is 2.52. The summed E-state index contributed by atoms with van der Waals surface area (Å²) in [4.78, 5) is 0. The van der Waals surface area contributed by atoms with Gasteiger partial charge in [0.25, 0.3) is 0 Å². The molecule has 0 amide bonds. The minimum atomic E-state index is -0.270. The first-order valence-corrected chi connectivity index (χ1v) is 5.92. The monoisotopic (exact) mass is 271 g/mol. The van der Waals surface area contributed by atoms with Crippen LogP contribution in [-0.4, -0.2) is 12.6 Å². The van der Waals surface area contributed by atoms with Crippen molar-refractivity contribution < 1.29 is 9.13 Å². The van der Waals surface area contributed by atoms with Crippen molar-refractivity contribution in [3.63, 3.8) is 0 Å². The highest BCUT2D eigenvalue weighted by Gasteiger charge is 2.33. The highest BCUT2D eigenvalue weighted by molar-refractivity contribution is 9.10. The normalized spacial score (nSPS) is 23.7. The Labute approximate surface area is 95.9 Å². The van der Waals surface area contributed by atoms with Crippen molar-refractivity contribution in [3.05, 3.63) is 28.0 Å². The van der Waals surface area contributed by atoms with Crippen LogP contribution < -0.4 is 10.1 Å². The second-order valence-electron chi connectivity index (χ2n) is 4.08. The van der Waals surface area contributed by atoms with Gasteiger partial charge in [0, 0.05) is 16.1 Å². The van der Waals surface area contributed by atoms with E-state index in [1.54, 1.807) is 6.07 Å². The summed E-state index contributed by atoms with van der Waals surface area (Å²) < 4.78 is 19.7. The Hall–Kier alpha value is -0.610. The van der Waals surface area contributed by atoms with E-state index in [1.807, 2.05) is 0 Å². The van der Waals surface area contributed by atoms with Gasteiger partial charge in [0.05, 0.1) is 6.04 Å². The van der Waals surface area contributed by atoms with Gasteiger partial charge in [0.1, 0.15) is 6.61 Å². The molecule has 0 bridgehead atoms. The predicted octanol–water partition coefficient (Wildman–Crippen LogP) is 2.77. The molecule has 15 heavy (non-hydrogen) atoms. The second kappa shape index (κ2) is 3.46. The lowest BCUT2D eigenvalue weighted by molar-refractivity contribution is 0.299. The zero-order valence-electron chi connectivity index (χ0n) is 8.09. The second-order valence-corrected chi connectivity index (χ2v) is 4.93. The molecule has 1 atom stereocenters. The Morgan fingerprint density at radius 3 is 2.93 bits per heavy atom. The molecule has 0 spiro atoms. The molecular formula is C11H11BrFNO. The van der Waals surface area contributed by atoms with E-state index in [9.17, 15) is 4.39 Å². The number of rotatable bonds is 2. The molecular weight excluding hydrogens is 261 g/mol. The lowest BCUT2D eigenvalue weighted by Crippen LogP contribution is -2.24. The molecule has 1 saturated carbocycles.